The molecular formula is C16H20F3NO. The smallest absolute Gasteiger partial charge is 0.375 e. The van der Waals surface area contributed by atoms with Crippen molar-refractivity contribution in [3.8, 4) is 0 Å². The van der Waals surface area contributed by atoms with E-state index in [2.05, 4.69) is 0 Å². The van der Waals surface area contributed by atoms with Crippen molar-refractivity contribution in [2.24, 2.45) is 11.7 Å². The van der Waals surface area contributed by atoms with Gasteiger partial charge in [0.1, 0.15) is 0 Å². The minimum absolute atomic E-state index is 0.0579. The predicted octanol–water partition coefficient (Wildman–Crippen LogP) is 4.05. The highest BCUT2D eigenvalue weighted by molar-refractivity contribution is 5.32. The van der Waals surface area contributed by atoms with Crippen LogP contribution in [-0.4, -0.2) is 12.2 Å². The maximum atomic E-state index is 13.1. The lowest BCUT2D eigenvalue weighted by molar-refractivity contribution is -0.147. The predicted molar refractivity (Wildman–Crippen MR) is 73.6 cm³/mol. The van der Waals surface area contributed by atoms with Gasteiger partial charge in [0, 0.05) is 12.6 Å². The molecule has 2 nitrogen and oxygen atoms in total. The summed E-state index contributed by atoms with van der Waals surface area (Å²) in [5, 5.41) is 0. The normalized spacial score (nSPS) is 26.4. The molecule has 0 bridgehead atoms. The van der Waals surface area contributed by atoms with Crippen LogP contribution in [0.5, 0.6) is 0 Å². The molecule has 1 aliphatic carbocycles. The Hall–Kier alpha value is -1.07. The summed E-state index contributed by atoms with van der Waals surface area (Å²) in [7, 11) is 0. The Morgan fingerprint density at radius 1 is 1.24 bits per heavy atom. The van der Waals surface area contributed by atoms with Crippen LogP contribution in [0.15, 0.2) is 24.3 Å². The molecule has 2 unspecified atom stereocenters. The molecular weight excluding hydrogens is 279 g/mol. The fraction of sp³-hybridized carbons (Fsp3) is 0.625. The van der Waals surface area contributed by atoms with Crippen LogP contribution >= 0.6 is 0 Å². The van der Waals surface area contributed by atoms with E-state index in [4.69, 9.17) is 10.5 Å². The number of hydrogen-bond acceptors (Lipinski definition) is 2. The molecule has 1 aromatic carbocycles. The molecule has 1 aromatic rings. The zero-order chi connectivity index (χ0) is 15.1. The number of hydrogen-bond donors (Lipinski definition) is 1. The quantitative estimate of drug-likeness (QED) is 0.894. The summed E-state index contributed by atoms with van der Waals surface area (Å²) >= 11 is 0. The van der Waals surface area contributed by atoms with Crippen LogP contribution < -0.4 is 5.73 Å². The van der Waals surface area contributed by atoms with Gasteiger partial charge in [-0.05, 0) is 49.7 Å². The van der Waals surface area contributed by atoms with Crippen LogP contribution in [0.2, 0.25) is 0 Å². The van der Waals surface area contributed by atoms with Crippen LogP contribution in [0, 0.1) is 5.92 Å². The lowest BCUT2D eigenvalue weighted by atomic mass is 9.69. The van der Waals surface area contributed by atoms with Gasteiger partial charge in [-0.15, -0.1) is 0 Å². The molecule has 2 aliphatic rings. The molecule has 2 N–H and O–H groups in total. The molecule has 1 saturated heterocycles. The van der Waals surface area contributed by atoms with Crippen LogP contribution in [-0.2, 0) is 10.9 Å². The van der Waals surface area contributed by atoms with Gasteiger partial charge in [0.05, 0.1) is 11.2 Å². The first-order valence-electron chi connectivity index (χ1n) is 7.47. The van der Waals surface area contributed by atoms with Crippen LogP contribution in [0.3, 0.4) is 0 Å². The molecule has 21 heavy (non-hydrogen) atoms. The summed E-state index contributed by atoms with van der Waals surface area (Å²) < 4.78 is 45.2. The van der Waals surface area contributed by atoms with Crippen LogP contribution in [0.4, 0.5) is 13.2 Å². The average Bonchev–Trinajstić information content (AvgIpc) is 2.44. The summed E-state index contributed by atoms with van der Waals surface area (Å²) in [4.78, 5) is 0. The molecule has 2 atom stereocenters. The first-order chi connectivity index (χ1) is 9.91. The van der Waals surface area contributed by atoms with Gasteiger partial charge in [-0.1, -0.05) is 18.2 Å². The van der Waals surface area contributed by atoms with Crippen molar-refractivity contribution in [1.82, 2.24) is 0 Å². The summed E-state index contributed by atoms with van der Waals surface area (Å²) in [5.41, 5.74) is 5.72. The maximum absolute atomic E-state index is 13.1. The Morgan fingerprint density at radius 3 is 2.57 bits per heavy atom. The second kappa shape index (κ2) is 5.29. The van der Waals surface area contributed by atoms with Crippen molar-refractivity contribution in [3.63, 3.8) is 0 Å². The highest BCUT2D eigenvalue weighted by Gasteiger charge is 2.45. The van der Waals surface area contributed by atoms with E-state index in [1.54, 1.807) is 6.07 Å². The molecule has 5 heteroatoms. The highest BCUT2D eigenvalue weighted by atomic mass is 19.4. The van der Waals surface area contributed by atoms with E-state index < -0.39 is 17.8 Å². The third-order valence-electron chi connectivity index (χ3n) is 4.93. The first-order valence-corrected chi connectivity index (χ1v) is 7.47. The minimum Gasteiger partial charge on any atom is -0.375 e. The summed E-state index contributed by atoms with van der Waals surface area (Å²) in [5.74, 6) is 0.0579. The van der Waals surface area contributed by atoms with Gasteiger partial charge in [-0.2, -0.15) is 13.2 Å². The van der Waals surface area contributed by atoms with E-state index >= 15 is 0 Å². The topological polar surface area (TPSA) is 35.2 Å². The molecule has 116 valence electrons. The Kier molecular flexibility index (Phi) is 3.74. The molecule has 1 aliphatic heterocycles. The standard InChI is InChI=1S/C16H20F3NO/c17-16(18,19)13-5-2-1-4-12(13)14(20)11-6-9-21-15(10-11)7-3-8-15/h1-2,4-5,11,14H,3,6-10,20H2. The van der Waals surface area contributed by atoms with Crippen LogP contribution in [0.25, 0.3) is 0 Å². The van der Waals surface area contributed by atoms with Crippen molar-refractivity contribution in [2.45, 2.75) is 49.9 Å². The Balaban J connectivity index is 1.83. The number of benzene rings is 1. The maximum Gasteiger partial charge on any atom is 0.416 e. The summed E-state index contributed by atoms with van der Waals surface area (Å²) in [6, 6.07) is 5.09. The van der Waals surface area contributed by atoms with Crippen molar-refractivity contribution in [2.75, 3.05) is 6.61 Å². The minimum atomic E-state index is -4.35. The molecule has 3 rings (SSSR count). The van der Waals surface area contributed by atoms with Gasteiger partial charge in [0.2, 0.25) is 0 Å². The first kappa shape index (κ1) is 14.9. The number of halogens is 3. The molecule has 1 saturated carbocycles. The van der Waals surface area contributed by atoms with Crippen molar-refractivity contribution < 1.29 is 17.9 Å². The molecule has 0 radical (unpaired) electrons. The number of alkyl halides is 3. The van der Waals surface area contributed by atoms with Gasteiger partial charge in [-0.3, -0.25) is 0 Å². The zero-order valence-corrected chi connectivity index (χ0v) is 11.8. The molecule has 2 fully saturated rings. The van der Waals surface area contributed by atoms with E-state index in [-0.39, 0.29) is 17.1 Å². The number of rotatable bonds is 2. The van der Waals surface area contributed by atoms with Gasteiger partial charge < -0.3 is 10.5 Å². The van der Waals surface area contributed by atoms with Crippen molar-refractivity contribution >= 4 is 0 Å². The zero-order valence-electron chi connectivity index (χ0n) is 11.8. The monoisotopic (exact) mass is 299 g/mol. The highest BCUT2D eigenvalue weighted by Crippen LogP contribution is 2.47. The number of ether oxygens (including phenoxy) is 1. The fourth-order valence-electron chi connectivity index (χ4n) is 3.59. The lowest BCUT2D eigenvalue weighted by Gasteiger charge is -2.48. The summed E-state index contributed by atoms with van der Waals surface area (Å²) in [6.45, 7) is 0.604. The molecule has 0 amide bonds. The van der Waals surface area contributed by atoms with Gasteiger partial charge in [0.15, 0.2) is 0 Å². The van der Waals surface area contributed by atoms with Gasteiger partial charge in [-0.25, -0.2) is 0 Å². The van der Waals surface area contributed by atoms with Gasteiger partial charge in [0.25, 0.3) is 0 Å². The molecule has 1 heterocycles. The number of nitrogens with two attached hydrogens (primary N) is 1. The Morgan fingerprint density at radius 2 is 1.95 bits per heavy atom. The third-order valence-corrected chi connectivity index (χ3v) is 4.93. The van der Waals surface area contributed by atoms with E-state index in [0.29, 0.717) is 6.61 Å². The Labute approximate surface area is 122 Å². The SMILES string of the molecule is NC(c1ccccc1C(F)(F)F)C1CCOC2(CCC2)C1. The third kappa shape index (κ3) is 2.81. The lowest BCUT2D eigenvalue weighted by Crippen LogP contribution is -2.47. The average molecular weight is 299 g/mol. The van der Waals surface area contributed by atoms with Gasteiger partial charge >= 0.3 is 6.18 Å². The summed E-state index contributed by atoms with van der Waals surface area (Å²) in [6.07, 6.45) is 0.318. The second-order valence-electron chi connectivity index (χ2n) is 6.25. The molecule has 1 spiro atoms. The van der Waals surface area contributed by atoms with E-state index in [9.17, 15) is 13.2 Å². The Bertz CT molecular complexity index is 510. The largest absolute Gasteiger partial charge is 0.416 e. The fourth-order valence-corrected chi connectivity index (χ4v) is 3.59. The second-order valence-corrected chi connectivity index (χ2v) is 6.25. The van der Waals surface area contributed by atoms with E-state index in [1.165, 1.54) is 12.1 Å². The van der Waals surface area contributed by atoms with Crippen molar-refractivity contribution in [3.05, 3.63) is 35.4 Å². The molecule has 0 aromatic heterocycles. The van der Waals surface area contributed by atoms with E-state index in [0.717, 1.165) is 38.2 Å². The van der Waals surface area contributed by atoms with Crippen molar-refractivity contribution in [1.29, 1.82) is 0 Å². The van der Waals surface area contributed by atoms with E-state index in [1.807, 2.05) is 0 Å². The van der Waals surface area contributed by atoms with Crippen LogP contribution in [0.1, 0.15) is 49.3 Å².